The van der Waals surface area contributed by atoms with Crippen LogP contribution in [-0.4, -0.2) is 5.11 Å². The van der Waals surface area contributed by atoms with E-state index in [2.05, 4.69) is 32.9 Å². The smallest absolute Gasteiger partial charge is 0.119 e. The summed E-state index contributed by atoms with van der Waals surface area (Å²) in [6.45, 7) is 6.84. The molecule has 0 amide bonds. The SMILES string of the molecule is CCCCCCCCCC(c1ccccc1O)C(CC)CC. The highest BCUT2D eigenvalue weighted by molar-refractivity contribution is 5.35. The second-order valence-corrected chi connectivity index (χ2v) is 6.65. The number of phenols is 1. The van der Waals surface area contributed by atoms with E-state index >= 15 is 0 Å². The molecule has 0 saturated heterocycles. The number of para-hydroxylation sites is 1. The molecule has 0 spiro atoms. The molecular weight excluding hydrogens is 268 g/mol. The predicted octanol–water partition coefficient (Wildman–Crippen LogP) is 7.05. The van der Waals surface area contributed by atoms with Gasteiger partial charge in [0.2, 0.25) is 0 Å². The summed E-state index contributed by atoms with van der Waals surface area (Å²) in [5, 5.41) is 10.2. The molecule has 1 aromatic rings. The number of hydrogen-bond acceptors (Lipinski definition) is 1. The number of benzene rings is 1. The third-order valence-electron chi connectivity index (χ3n) is 5.07. The van der Waals surface area contributed by atoms with Gasteiger partial charge in [-0.3, -0.25) is 0 Å². The number of aromatic hydroxyl groups is 1. The summed E-state index contributed by atoms with van der Waals surface area (Å²) < 4.78 is 0. The van der Waals surface area contributed by atoms with Crippen molar-refractivity contribution in [2.75, 3.05) is 0 Å². The molecule has 1 nitrogen and oxygen atoms in total. The summed E-state index contributed by atoms with van der Waals surface area (Å²) in [6.07, 6.45) is 13.1. The van der Waals surface area contributed by atoms with E-state index in [-0.39, 0.29) is 0 Å². The van der Waals surface area contributed by atoms with Gasteiger partial charge < -0.3 is 5.11 Å². The lowest BCUT2D eigenvalue weighted by Crippen LogP contribution is -2.12. The average Bonchev–Trinajstić information content (AvgIpc) is 2.54. The minimum atomic E-state index is 0.488. The molecule has 1 aromatic carbocycles. The molecule has 0 aromatic heterocycles. The first-order valence-electron chi connectivity index (χ1n) is 9.52. The molecule has 22 heavy (non-hydrogen) atoms. The first-order chi connectivity index (χ1) is 10.7. The summed E-state index contributed by atoms with van der Waals surface area (Å²) in [4.78, 5) is 0. The number of hydrogen-bond donors (Lipinski definition) is 1. The van der Waals surface area contributed by atoms with Gasteiger partial charge in [-0.05, 0) is 29.9 Å². The Morgan fingerprint density at radius 3 is 2.00 bits per heavy atom. The highest BCUT2D eigenvalue weighted by Crippen LogP contribution is 2.38. The number of rotatable bonds is 12. The molecule has 126 valence electrons. The first-order valence-corrected chi connectivity index (χ1v) is 9.52. The molecule has 1 rings (SSSR count). The zero-order valence-corrected chi connectivity index (χ0v) is 15.0. The van der Waals surface area contributed by atoms with Crippen molar-refractivity contribution in [3.63, 3.8) is 0 Å². The average molecular weight is 305 g/mol. The van der Waals surface area contributed by atoms with Crippen molar-refractivity contribution in [2.24, 2.45) is 5.92 Å². The zero-order valence-electron chi connectivity index (χ0n) is 15.0. The van der Waals surface area contributed by atoms with Gasteiger partial charge in [0.1, 0.15) is 5.75 Å². The molecule has 1 heteroatoms. The van der Waals surface area contributed by atoms with E-state index in [9.17, 15) is 5.11 Å². The van der Waals surface area contributed by atoms with Gasteiger partial charge in [-0.2, -0.15) is 0 Å². The zero-order chi connectivity index (χ0) is 16.2. The van der Waals surface area contributed by atoms with Crippen LogP contribution in [0.15, 0.2) is 24.3 Å². The van der Waals surface area contributed by atoms with Crippen molar-refractivity contribution in [3.8, 4) is 5.75 Å². The third-order valence-corrected chi connectivity index (χ3v) is 5.07. The molecule has 0 radical (unpaired) electrons. The topological polar surface area (TPSA) is 20.2 Å². The predicted molar refractivity (Wildman–Crippen MR) is 97.5 cm³/mol. The highest BCUT2D eigenvalue weighted by Gasteiger charge is 2.22. The van der Waals surface area contributed by atoms with E-state index in [0.29, 0.717) is 17.6 Å². The molecule has 0 fully saturated rings. The van der Waals surface area contributed by atoms with Gasteiger partial charge >= 0.3 is 0 Å². The Labute approximate surface area is 138 Å². The third kappa shape index (κ3) is 6.42. The molecule has 0 heterocycles. The lowest BCUT2D eigenvalue weighted by molar-refractivity contribution is 0.354. The van der Waals surface area contributed by atoms with Crippen LogP contribution in [0.25, 0.3) is 0 Å². The minimum absolute atomic E-state index is 0.488. The Bertz CT molecular complexity index is 381. The molecule has 1 N–H and O–H groups in total. The fraction of sp³-hybridized carbons (Fsp3) is 0.714. The monoisotopic (exact) mass is 304 g/mol. The summed E-state index contributed by atoms with van der Waals surface area (Å²) >= 11 is 0. The fourth-order valence-electron chi connectivity index (χ4n) is 3.63. The second-order valence-electron chi connectivity index (χ2n) is 6.65. The maximum atomic E-state index is 10.2. The number of unbranched alkanes of at least 4 members (excludes halogenated alkanes) is 6. The molecule has 0 aliphatic rings. The Balaban J connectivity index is 2.52. The van der Waals surface area contributed by atoms with Crippen LogP contribution >= 0.6 is 0 Å². The van der Waals surface area contributed by atoms with E-state index in [1.54, 1.807) is 0 Å². The largest absolute Gasteiger partial charge is 0.508 e. The van der Waals surface area contributed by atoms with E-state index < -0.39 is 0 Å². The molecule has 1 unspecified atom stereocenters. The van der Waals surface area contributed by atoms with Crippen molar-refractivity contribution in [3.05, 3.63) is 29.8 Å². The van der Waals surface area contributed by atoms with Crippen LogP contribution in [0, 0.1) is 5.92 Å². The molecule has 0 aliphatic heterocycles. The van der Waals surface area contributed by atoms with Crippen LogP contribution in [0.4, 0.5) is 0 Å². The van der Waals surface area contributed by atoms with Crippen LogP contribution < -0.4 is 0 Å². The van der Waals surface area contributed by atoms with E-state index in [0.717, 1.165) is 0 Å². The van der Waals surface area contributed by atoms with E-state index in [1.807, 2.05) is 12.1 Å². The van der Waals surface area contributed by atoms with Gasteiger partial charge in [0.05, 0.1) is 0 Å². The van der Waals surface area contributed by atoms with Crippen molar-refractivity contribution in [1.82, 2.24) is 0 Å². The standard InChI is InChI=1S/C21H36O/c1-4-7-8-9-10-11-12-15-19(18(5-2)6-3)20-16-13-14-17-21(20)22/h13-14,16-19,22H,4-12,15H2,1-3H3. The van der Waals surface area contributed by atoms with Crippen molar-refractivity contribution >= 4 is 0 Å². The lowest BCUT2D eigenvalue weighted by atomic mass is 9.79. The summed E-state index contributed by atoms with van der Waals surface area (Å²) in [5.41, 5.74) is 1.17. The van der Waals surface area contributed by atoms with Gasteiger partial charge in [0, 0.05) is 0 Å². The normalized spacial score (nSPS) is 12.7. The van der Waals surface area contributed by atoms with E-state index in [4.69, 9.17) is 0 Å². The van der Waals surface area contributed by atoms with Gasteiger partial charge in [-0.1, -0.05) is 96.8 Å². The van der Waals surface area contributed by atoms with Crippen LogP contribution in [-0.2, 0) is 0 Å². The van der Waals surface area contributed by atoms with Crippen molar-refractivity contribution in [1.29, 1.82) is 0 Å². The maximum absolute atomic E-state index is 10.2. The molecule has 0 saturated carbocycles. The lowest BCUT2D eigenvalue weighted by Gasteiger charge is -2.26. The summed E-state index contributed by atoms with van der Waals surface area (Å²) in [6, 6.07) is 7.96. The Morgan fingerprint density at radius 1 is 0.818 bits per heavy atom. The van der Waals surface area contributed by atoms with Gasteiger partial charge in [0.25, 0.3) is 0 Å². The Hall–Kier alpha value is -0.980. The molecule has 0 bridgehead atoms. The number of phenolic OH excluding ortho intramolecular Hbond substituents is 1. The first kappa shape index (κ1) is 19.1. The van der Waals surface area contributed by atoms with Crippen molar-refractivity contribution in [2.45, 2.75) is 90.9 Å². The van der Waals surface area contributed by atoms with Crippen LogP contribution in [0.3, 0.4) is 0 Å². The van der Waals surface area contributed by atoms with Gasteiger partial charge in [-0.25, -0.2) is 0 Å². The van der Waals surface area contributed by atoms with E-state index in [1.165, 1.54) is 69.8 Å². The van der Waals surface area contributed by atoms with Crippen LogP contribution in [0.2, 0.25) is 0 Å². The maximum Gasteiger partial charge on any atom is 0.119 e. The second kappa shape index (κ2) is 11.6. The van der Waals surface area contributed by atoms with Gasteiger partial charge in [0.15, 0.2) is 0 Å². The van der Waals surface area contributed by atoms with Gasteiger partial charge in [-0.15, -0.1) is 0 Å². The minimum Gasteiger partial charge on any atom is -0.508 e. The molecular formula is C21H36O. The van der Waals surface area contributed by atoms with Crippen molar-refractivity contribution < 1.29 is 5.11 Å². The molecule has 0 aliphatic carbocycles. The summed E-state index contributed by atoms with van der Waals surface area (Å²) in [5.74, 6) is 1.70. The van der Waals surface area contributed by atoms with Crippen LogP contribution in [0.1, 0.15) is 96.5 Å². The highest BCUT2D eigenvalue weighted by atomic mass is 16.3. The summed E-state index contributed by atoms with van der Waals surface area (Å²) in [7, 11) is 0. The Kier molecular flexibility index (Phi) is 10.0. The quantitative estimate of drug-likeness (QED) is 0.410. The fourth-order valence-corrected chi connectivity index (χ4v) is 3.63. The molecule has 1 atom stereocenters. The van der Waals surface area contributed by atoms with Crippen LogP contribution in [0.5, 0.6) is 5.75 Å². The Morgan fingerprint density at radius 2 is 1.41 bits per heavy atom.